The molecule has 0 bridgehead atoms. The molecule has 48 valence electrons. The molecule has 0 aromatic heterocycles. The van der Waals surface area contributed by atoms with Crippen LogP contribution in [0.4, 0.5) is 17.1 Å². The van der Waals surface area contributed by atoms with Gasteiger partial charge in [0, 0.05) is 23.5 Å². The van der Waals surface area contributed by atoms with Gasteiger partial charge in [-0.05, 0) is 6.07 Å². The Morgan fingerprint density at radius 1 is 1.00 bits per heavy atom. The van der Waals surface area contributed by atoms with Crippen molar-refractivity contribution in [2.24, 2.45) is 0 Å². The number of nitrogens with two attached hydrogens (primary N) is 2. The largest absolute Gasteiger partial charge is 0.398 e. The normalized spacial score (nSPS) is 9.44. The van der Waals surface area contributed by atoms with Gasteiger partial charge in [-0.15, -0.1) is 0 Å². The van der Waals surface area contributed by atoms with Gasteiger partial charge < -0.3 is 17.2 Å². The number of hydrogen-bond donors (Lipinski definition) is 3. The summed E-state index contributed by atoms with van der Waals surface area (Å²) in [5.74, 6) is 0. The summed E-state index contributed by atoms with van der Waals surface area (Å²) < 4.78 is 0. The van der Waals surface area contributed by atoms with E-state index in [1.807, 2.05) is 0 Å². The summed E-state index contributed by atoms with van der Waals surface area (Å²) in [6.45, 7) is 0. The molecule has 1 rings (SSSR count). The Balaban J connectivity index is 3.17. The summed E-state index contributed by atoms with van der Waals surface area (Å²) in [6.07, 6.45) is 0. The monoisotopic (exact) mass is 124 g/mol. The molecule has 0 aliphatic rings. The van der Waals surface area contributed by atoms with Crippen molar-refractivity contribution < 1.29 is 5.73 Å². The minimum absolute atomic E-state index is 0.667. The zero-order chi connectivity index (χ0) is 6.85. The Labute approximate surface area is 53.5 Å². The van der Waals surface area contributed by atoms with E-state index >= 15 is 0 Å². The molecule has 1 aromatic carbocycles. The van der Waals surface area contributed by atoms with Crippen LogP contribution in [-0.4, -0.2) is 0 Å². The average molecular weight is 124 g/mol. The van der Waals surface area contributed by atoms with Crippen molar-refractivity contribution in [3.63, 3.8) is 0 Å². The molecule has 9 heavy (non-hydrogen) atoms. The lowest BCUT2D eigenvalue weighted by Crippen LogP contribution is -2.40. The van der Waals surface area contributed by atoms with Crippen LogP contribution < -0.4 is 17.2 Å². The lowest BCUT2D eigenvalue weighted by Gasteiger charge is -1.94. The van der Waals surface area contributed by atoms with E-state index in [0.29, 0.717) is 11.4 Å². The third kappa shape index (κ3) is 1.33. The highest BCUT2D eigenvalue weighted by molar-refractivity contribution is 5.58. The molecule has 0 aliphatic heterocycles. The highest BCUT2D eigenvalue weighted by Gasteiger charge is 1.92. The fourth-order valence-corrected chi connectivity index (χ4v) is 0.746. The molecule has 0 radical (unpaired) electrons. The Hall–Kier alpha value is -1.22. The molecule has 0 atom stereocenters. The third-order valence-electron chi connectivity index (χ3n) is 1.04. The second kappa shape index (κ2) is 1.95. The van der Waals surface area contributed by atoms with Crippen LogP contribution in [0.25, 0.3) is 0 Å². The predicted octanol–water partition coefficient (Wildman–Crippen LogP) is -0.276. The van der Waals surface area contributed by atoms with Crippen molar-refractivity contribution in [3.8, 4) is 0 Å². The fourth-order valence-electron chi connectivity index (χ4n) is 0.746. The smallest absolute Gasteiger partial charge is 0.132 e. The molecule has 3 heteroatoms. The van der Waals surface area contributed by atoms with Crippen molar-refractivity contribution in [1.29, 1.82) is 0 Å². The molecule has 0 heterocycles. The number of anilines is 2. The van der Waals surface area contributed by atoms with Gasteiger partial charge in [0.25, 0.3) is 0 Å². The van der Waals surface area contributed by atoms with E-state index in [4.69, 9.17) is 11.5 Å². The number of benzene rings is 1. The Morgan fingerprint density at radius 2 is 1.44 bits per heavy atom. The van der Waals surface area contributed by atoms with Crippen LogP contribution in [0.2, 0.25) is 0 Å². The van der Waals surface area contributed by atoms with Gasteiger partial charge in [-0.2, -0.15) is 0 Å². The number of quaternary nitrogens is 1. The van der Waals surface area contributed by atoms with Crippen LogP contribution in [0.1, 0.15) is 0 Å². The quantitative estimate of drug-likeness (QED) is 0.416. The number of nitrogen functional groups attached to an aromatic ring is 2. The van der Waals surface area contributed by atoms with E-state index in [9.17, 15) is 0 Å². The van der Waals surface area contributed by atoms with Crippen LogP contribution in [0.5, 0.6) is 0 Å². The zero-order valence-corrected chi connectivity index (χ0v) is 5.09. The lowest BCUT2D eigenvalue weighted by molar-refractivity contribution is -0.254. The molecule has 0 fully saturated rings. The van der Waals surface area contributed by atoms with E-state index in [-0.39, 0.29) is 0 Å². The standard InChI is InChI=1S/C6H9N3/c7-4-1-5(8)3-6(9)2-4/h1-3H,7-9H2/p+1. The van der Waals surface area contributed by atoms with Crippen molar-refractivity contribution >= 4 is 17.1 Å². The second-order valence-electron chi connectivity index (χ2n) is 2.01. The van der Waals surface area contributed by atoms with E-state index in [0.717, 1.165) is 5.69 Å². The lowest BCUT2D eigenvalue weighted by atomic mass is 10.2. The molecule has 3 nitrogen and oxygen atoms in total. The van der Waals surface area contributed by atoms with Crippen LogP contribution in [0, 0.1) is 0 Å². The summed E-state index contributed by atoms with van der Waals surface area (Å²) in [6, 6.07) is 5.25. The zero-order valence-electron chi connectivity index (χ0n) is 5.09. The van der Waals surface area contributed by atoms with Crippen molar-refractivity contribution in [2.45, 2.75) is 0 Å². The van der Waals surface area contributed by atoms with Gasteiger partial charge in [-0.3, -0.25) is 0 Å². The maximum atomic E-state index is 5.44. The minimum atomic E-state index is 0.667. The van der Waals surface area contributed by atoms with E-state index in [1.165, 1.54) is 0 Å². The Morgan fingerprint density at radius 3 is 1.78 bits per heavy atom. The summed E-state index contributed by atoms with van der Waals surface area (Å²) in [4.78, 5) is 0. The van der Waals surface area contributed by atoms with Crippen LogP contribution in [0.15, 0.2) is 18.2 Å². The SMILES string of the molecule is Nc1cc(N)cc([NH3+])c1. The van der Waals surface area contributed by atoms with Crippen molar-refractivity contribution in [1.82, 2.24) is 0 Å². The predicted molar refractivity (Wildman–Crippen MR) is 37.8 cm³/mol. The number of hydrogen-bond acceptors (Lipinski definition) is 2. The van der Waals surface area contributed by atoms with E-state index < -0.39 is 0 Å². The highest BCUT2D eigenvalue weighted by Crippen LogP contribution is 2.12. The molecule has 0 saturated carbocycles. The Bertz CT molecular complexity index is 169. The van der Waals surface area contributed by atoms with Gasteiger partial charge in [0.05, 0.1) is 0 Å². The maximum Gasteiger partial charge on any atom is 0.132 e. The molecule has 0 unspecified atom stereocenters. The van der Waals surface area contributed by atoms with Gasteiger partial charge in [0.15, 0.2) is 0 Å². The summed E-state index contributed by atoms with van der Waals surface area (Å²) in [7, 11) is 0. The first-order chi connectivity index (χ1) is 4.18. The van der Waals surface area contributed by atoms with Crippen LogP contribution >= 0.6 is 0 Å². The minimum Gasteiger partial charge on any atom is -0.398 e. The van der Waals surface area contributed by atoms with E-state index in [1.54, 1.807) is 18.2 Å². The van der Waals surface area contributed by atoms with Gasteiger partial charge in [0.1, 0.15) is 5.69 Å². The first-order valence-electron chi connectivity index (χ1n) is 2.66. The molecule has 0 amide bonds. The molecular weight excluding hydrogens is 114 g/mol. The van der Waals surface area contributed by atoms with Crippen LogP contribution in [-0.2, 0) is 0 Å². The van der Waals surface area contributed by atoms with Gasteiger partial charge in [-0.1, -0.05) is 0 Å². The molecular formula is C6H10N3+. The van der Waals surface area contributed by atoms with Crippen molar-refractivity contribution in [2.75, 3.05) is 11.5 Å². The molecule has 0 spiro atoms. The molecule has 7 N–H and O–H groups in total. The fraction of sp³-hybridized carbons (Fsp3) is 0. The third-order valence-corrected chi connectivity index (χ3v) is 1.04. The first-order valence-corrected chi connectivity index (χ1v) is 2.66. The molecule has 0 saturated heterocycles. The summed E-state index contributed by atoms with van der Waals surface area (Å²) >= 11 is 0. The summed E-state index contributed by atoms with van der Waals surface area (Å²) in [5.41, 5.74) is 16.7. The van der Waals surface area contributed by atoms with Crippen molar-refractivity contribution in [3.05, 3.63) is 18.2 Å². The second-order valence-corrected chi connectivity index (χ2v) is 2.01. The van der Waals surface area contributed by atoms with Crippen LogP contribution in [0.3, 0.4) is 0 Å². The average Bonchev–Trinajstić information content (AvgIpc) is 1.59. The maximum absolute atomic E-state index is 5.44. The molecule has 1 aromatic rings. The van der Waals surface area contributed by atoms with Gasteiger partial charge in [0.2, 0.25) is 0 Å². The van der Waals surface area contributed by atoms with Gasteiger partial charge >= 0.3 is 0 Å². The first kappa shape index (κ1) is 5.91. The van der Waals surface area contributed by atoms with E-state index in [2.05, 4.69) is 5.73 Å². The summed E-state index contributed by atoms with van der Waals surface area (Å²) in [5, 5.41) is 0. The Kier molecular flexibility index (Phi) is 1.28. The topological polar surface area (TPSA) is 79.7 Å². The molecule has 0 aliphatic carbocycles. The number of rotatable bonds is 0. The van der Waals surface area contributed by atoms with Gasteiger partial charge in [-0.25, -0.2) is 0 Å². The highest BCUT2D eigenvalue weighted by atomic mass is 14.6.